The molecule has 0 saturated carbocycles. The summed E-state index contributed by atoms with van der Waals surface area (Å²) in [6.07, 6.45) is 10.1. The first kappa shape index (κ1) is 14.5. The molecular formula is C15H27N3O. The van der Waals surface area contributed by atoms with Crippen LogP contribution in [0.5, 0.6) is 0 Å². The molecule has 0 aliphatic carbocycles. The third kappa shape index (κ3) is 3.80. The predicted octanol–water partition coefficient (Wildman–Crippen LogP) is 2.34. The topological polar surface area (TPSA) is 39.1 Å². The first-order valence-corrected chi connectivity index (χ1v) is 7.46. The zero-order valence-electron chi connectivity index (χ0n) is 12.3. The number of piperidine rings is 1. The van der Waals surface area contributed by atoms with Gasteiger partial charge in [0.25, 0.3) is 0 Å². The van der Waals surface area contributed by atoms with Crippen molar-refractivity contribution in [2.45, 2.75) is 51.0 Å². The second kappa shape index (κ2) is 7.06. The number of hydrogen-bond acceptors (Lipinski definition) is 3. The van der Waals surface area contributed by atoms with E-state index in [0.717, 1.165) is 32.7 Å². The Morgan fingerprint density at radius 1 is 1.32 bits per heavy atom. The molecule has 1 aliphatic rings. The highest BCUT2D eigenvalue weighted by Gasteiger charge is 2.31. The van der Waals surface area contributed by atoms with Crippen LogP contribution >= 0.6 is 0 Å². The van der Waals surface area contributed by atoms with Crippen LogP contribution in [-0.2, 0) is 16.7 Å². The summed E-state index contributed by atoms with van der Waals surface area (Å²) in [6.45, 7) is 6.58. The molecule has 108 valence electrons. The molecule has 1 fully saturated rings. The number of nitrogens with one attached hydrogen (secondary N) is 1. The molecule has 2 heterocycles. The van der Waals surface area contributed by atoms with Gasteiger partial charge in [0.15, 0.2) is 0 Å². The number of nitrogens with zero attached hydrogens (tertiary/aromatic N) is 2. The molecule has 4 nitrogen and oxygen atoms in total. The molecule has 0 bridgehead atoms. The van der Waals surface area contributed by atoms with Gasteiger partial charge in [0.1, 0.15) is 0 Å². The van der Waals surface area contributed by atoms with Gasteiger partial charge in [0, 0.05) is 37.6 Å². The third-order valence-corrected chi connectivity index (χ3v) is 4.29. The highest BCUT2D eigenvalue weighted by atomic mass is 16.5. The van der Waals surface area contributed by atoms with Crippen molar-refractivity contribution < 1.29 is 4.74 Å². The van der Waals surface area contributed by atoms with Crippen LogP contribution in [0.3, 0.4) is 0 Å². The second-order valence-corrected chi connectivity index (χ2v) is 5.84. The van der Waals surface area contributed by atoms with Crippen LogP contribution in [0.4, 0.5) is 0 Å². The van der Waals surface area contributed by atoms with E-state index >= 15 is 0 Å². The summed E-state index contributed by atoms with van der Waals surface area (Å²) in [5, 5.41) is 3.44. The molecule has 0 atom stereocenters. The summed E-state index contributed by atoms with van der Waals surface area (Å²) in [7, 11) is 1.77. The molecule has 1 aliphatic heterocycles. The maximum atomic E-state index is 5.09. The van der Waals surface area contributed by atoms with Crippen LogP contribution in [-0.4, -0.2) is 36.4 Å². The van der Waals surface area contributed by atoms with Crippen molar-refractivity contribution in [2.24, 2.45) is 0 Å². The lowest BCUT2D eigenvalue weighted by Crippen LogP contribution is -2.39. The highest BCUT2D eigenvalue weighted by Crippen LogP contribution is 2.32. The Labute approximate surface area is 116 Å². The van der Waals surface area contributed by atoms with Crippen molar-refractivity contribution in [3.8, 4) is 0 Å². The van der Waals surface area contributed by atoms with Gasteiger partial charge in [-0.2, -0.15) is 0 Å². The molecule has 19 heavy (non-hydrogen) atoms. The minimum Gasteiger partial charge on any atom is -0.385 e. The minimum absolute atomic E-state index is 0.300. The van der Waals surface area contributed by atoms with Crippen molar-refractivity contribution in [3.63, 3.8) is 0 Å². The maximum absolute atomic E-state index is 5.09. The monoisotopic (exact) mass is 265 g/mol. The summed E-state index contributed by atoms with van der Waals surface area (Å²) in [6, 6.07) is 0. The summed E-state index contributed by atoms with van der Waals surface area (Å²) < 4.78 is 7.45. The lowest BCUT2D eigenvalue weighted by atomic mass is 9.78. The molecule has 0 amide bonds. The van der Waals surface area contributed by atoms with Crippen LogP contribution in [0, 0.1) is 0 Å². The van der Waals surface area contributed by atoms with Gasteiger partial charge in [0.2, 0.25) is 0 Å². The van der Waals surface area contributed by atoms with E-state index in [1.807, 2.05) is 6.33 Å². The quantitative estimate of drug-likeness (QED) is 0.769. The molecule has 0 unspecified atom stereocenters. The van der Waals surface area contributed by atoms with Gasteiger partial charge >= 0.3 is 0 Å². The second-order valence-electron chi connectivity index (χ2n) is 5.84. The van der Waals surface area contributed by atoms with Crippen LogP contribution in [0.15, 0.2) is 12.5 Å². The van der Waals surface area contributed by atoms with E-state index in [9.17, 15) is 0 Å². The van der Waals surface area contributed by atoms with Crippen molar-refractivity contribution in [1.82, 2.24) is 14.9 Å². The van der Waals surface area contributed by atoms with E-state index in [2.05, 4.69) is 28.0 Å². The molecule has 1 N–H and O–H groups in total. The Bertz CT molecular complexity index is 369. The fraction of sp³-hybridized carbons (Fsp3) is 0.800. The van der Waals surface area contributed by atoms with E-state index in [1.54, 1.807) is 7.11 Å². The Morgan fingerprint density at radius 2 is 2.11 bits per heavy atom. The van der Waals surface area contributed by atoms with Gasteiger partial charge in [-0.3, -0.25) is 0 Å². The van der Waals surface area contributed by atoms with Crippen molar-refractivity contribution in [3.05, 3.63) is 18.2 Å². The highest BCUT2D eigenvalue weighted by molar-refractivity contribution is 5.15. The summed E-state index contributed by atoms with van der Waals surface area (Å²) in [4.78, 5) is 4.38. The summed E-state index contributed by atoms with van der Waals surface area (Å²) >= 11 is 0. The van der Waals surface area contributed by atoms with Gasteiger partial charge in [-0.25, -0.2) is 4.98 Å². The molecular weight excluding hydrogens is 238 g/mol. The largest absolute Gasteiger partial charge is 0.385 e. The minimum atomic E-state index is 0.300. The molecule has 4 heteroatoms. The Hall–Kier alpha value is -0.870. The van der Waals surface area contributed by atoms with Gasteiger partial charge in [0.05, 0.1) is 6.33 Å². The predicted molar refractivity (Wildman–Crippen MR) is 77.4 cm³/mol. The number of hydrogen-bond donors (Lipinski definition) is 1. The van der Waals surface area contributed by atoms with Crippen LogP contribution in [0.2, 0.25) is 0 Å². The van der Waals surface area contributed by atoms with E-state index in [4.69, 9.17) is 4.74 Å². The van der Waals surface area contributed by atoms with Crippen molar-refractivity contribution in [1.29, 1.82) is 0 Å². The van der Waals surface area contributed by atoms with Crippen LogP contribution in [0.25, 0.3) is 0 Å². The molecule has 0 spiro atoms. The molecule has 2 rings (SSSR count). The van der Waals surface area contributed by atoms with Crippen molar-refractivity contribution in [2.75, 3.05) is 26.8 Å². The number of methoxy groups -OCH3 is 1. The lowest BCUT2D eigenvalue weighted by molar-refractivity contribution is 0.191. The summed E-state index contributed by atoms with van der Waals surface area (Å²) in [5.74, 6) is 0. The maximum Gasteiger partial charge on any atom is 0.0948 e. The third-order valence-electron chi connectivity index (χ3n) is 4.29. The van der Waals surface area contributed by atoms with Crippen LogP contribution in [0.1, 0.15) is 44.7 Å². The fourth-order valence-corrected chi connectivity index (χ4v) is 2.94. The first-order valence-electron chi connectivity index (χ1n) is 7.46. The van der Waals surface area contributed by atoms with E-state index in [1.165, 1.54) is 31.4 Å². The normalized spacial score (nSPS) is 18.6. The molecule has 0 radical (unpaired) electrons. The molecule has 1 saturated heterocycles. The number of imidazole rings is 1. The molecule has 1 aromatic heterocycles. The molecule has 1 aromatic rings. The lowest BCUT2D eigenvalue weighted by Gasteiger charge is -2.34. The number of ether oxygens (including phenoxy) is 1. The first-order chi connectivity index (χ1) is 9.26. The van der Waals surface area contributed by atoms with E-state index in [-0.39, 0.29) is 0 Å². The SMILES string of the molecule is COCCCCCn1cncc1C1(C)CCNCC1. The number of rotatable bonds is 7. The van der Waals surface area contributed by atoms with Crippen molar-refractivity contribution >= 4 is 0 Å². The zero-order chi connectivity index (χ0) is 13.6. The van der Waals surface area contributed by atoms with Crippen LogP contribution < -0.4 is 5.32 Å². The Balaban J connectivity index is 1.89. The Morgan fingerprint density at radius 3 is 2.84 bits per heavy atom. The summed E-state index contributed by atoms with van der Waals surface area (Å²) in [5.41, 5.74) is 1.72. The average molecular weight is 265 g/mol. The Kier molecular flexibility index (Phi) is 5.40. The van der Waals surface area contributed by atoms with Gasteiger partial charge in [-0.1, -0.05) is 6.92 Å². The van der Waals surface area contributed by atoms with E-state index in [0.29, 0.717) is 5.41 Å². The smallest absolute Gasteiger partial charge is 0.0948 e. The van der Waals surface area contributed by atoms with Gasteiger partial charge < -0.3 is 14.6 Å². The van der Waals surface area contributed by atoms with Gasteiger partial charge in [-0.05, 0) is 45.2 Å². The molecule has 0 aromatic carbocycles. The fourth-order valence-electron chi connectivity index (χ4n) is 2.94. The standard InChI is InChI=1S/C15H27N3O/c1-15(6-8-16-9-7-15)14-12-17-13-18(14)10-4-3-5-11-19-2/h12-13,16H,3-11H2,1-2H3. The van der Waals surface area contributed by atoms with E-state index < -0.39 is 0 Å². The van der Waals surface area contributed by atoms with Gasteiger partial charge in [-0.15, -0.1) is 0 Å². The number of aryl methyl sites for hydroxylation is 1. The zero-order valence-corrected chi connectivity index (χ0v) is 12.3. The average Bonchev–Trinajstić information content (AvgIpc) is 2.89. The number of unbranched alkanes of at least 4 members (excludes halogenated alkanes) is 2. The number of aromatic nitrogens is 2.